The molecule has 0 bridgehead atoms. The number of benzene rings is 2. The van der Waals surface area contributed by atoms with Gasteiger partial charge >= 0.3 is 0 Å². The normalized spacial score (nSPS) is 12.2. The summed E-state index contributed by atoms with van der Waals surface area (Å²) in [6.45, 7) is 4.68. The molecule has 1 unspecified atom stereocenters. The molecule has 0 spiro atoms. The van der Waals surface area contributed by atoms with Crippen molar-refractivity contribution < 1.29 is 4.74 Å². The Balaban J connectivity index is 2.12. The standard InChI is InChI=1S/C16H19NO/c1-12-10-16(9-8-15(12)11-17)18-13(2)14-6-4-3-5-7-14/h3-10,13H,11,17H2,1-2H3. The lowest BCUT2D eigenvalue weighted by Gasteiger charge is -2.16. The molecule has 1 atom stereocenters. The van der Waals surface area contributed by atoms with E-state index in [0.29, 0.717) is 6.54 Å². The Morgan fingerprint density at radius 3 is 2.44 bits per heavy atom. The molecule has 18 heavy (non-hydrogen) atoms. The van der Waals surface area contributed by atoms with E-state index in [1.54, 1.807) is 0 Å². The van der Waals surface area contributed by atoms with Crippen molar-refractivity contribution in [2.75, 3.05) is 0 Å². The highest BCUT2D eigenvalue weighted by atomic mass is 16.5. The van der Waals surface area contributed by atoms with Crippen LogP contribution in [0.1, 0.15) is 29.7 Å². The first-order valence-corrected chi connectivity index (χ1v) is 6.22. The van der Waals surface area contributed by atoms with E-state index < -0.39 is 0 Å². The van der Waals surface area contributed by atoms with Gasteiger partial charge in [0.1, 0.15) is 11.9 Å². The molecule has 2 heteroatoms. The second-order valence-electron chi connectivity index (χ2n) is 4.46. The molecule has 0 aliphatic rings. The van der Waals surface area contributed by atoms with Gasteiger partial charge in [-0.3, -0.25) is 0 Å². The Morgan fingerprint density at radius 1 is 1.11 bits per heavy atom. The van der Waals surface area contributed by atoms with Crippen LogP contribution in [0.5, 0.6) is 5.75 Å². The minimum atomic E-state index is 0.0503. The summed E-state index contributed by atoms with van der Waals surface area (Å²) in [5.41, 5.74) is 9.17. The van der Waals surface area contributed by atoms with Crippen molar-refractivity contribution in [2.24, 2.45) is 5.73 Å². The summed E-state index contributed by atoms with van der Waals surface area (Å²) in [5.74, 6) is 0.890. The van der Waals surface area contributed by atoms with Crippen molar-refractivity contribution in [3.05, 3.63) is 65.2 Å². The van der Waals surface area contributed by atoms with E-state index in [1.165, 1.54) is 11.1 Å². The Labute approximate surface area is 108 Å². The summed E-state index contributed by atoms with van der Waals surface area (Å²) in [7, 11) is 0. The predicted molar refractivity (Wildman–Crippen MR) is 74.6 cm³/mol. The topological polar surface area (TPSA) is 35.2 Å². The SMILES string of the molecule is Cc1cc(OC(C)c2ccccc2)ccc1CN. The summed E-state index contributed by atoms with van der Waals surface area (Å²) >= 11 is 0. The lowest BCUT2D eigenvalue weighted by molar-refractivity contribution is 0.227. The third-order valence-corrected chi connectivity index (χ3v) is 3.12. The monoisotopic (exact) mass is 241 g/mol. The molecule has 0 saturated heterocycles. The molecule has 2 N–H and O–H groups in total. The molecule has 0 aromatic heterocycles. The van der Waals surface area contributed by atoms with E-state index >= 15 is 0 Å². The molecule has 0 heterocycles. The Morgan fingerprint density at radius 2 is 1.83 bits per heavy atom. The zero-order valence-electron chi connectivity index (χ0n) is 10.9. The first-order chi connectivity index (χ1) is 8.70. The Kier molecular flexibility index (Phi) is 4.00. The second kappa shape index (κ2) is 5.69. The van der Waals surface area contributed by atoms with Gasteiger partial charge in [-0.2, -0.15) is 0 Å². The number of hydrogen-bond donors (Lipinski definition) is 1. The summed E-state index contributed by atoms with van der Waals surface area (Å²) in [6, 6.07) is 16.3. The largest absolute Gasteiger partial charge is 0.486 e. The highest BCUT2D eigenvalue weighted by molar-refractivity contribution is 5.35. The molecule has 0 aliphatic heterocycles. The fourth-order valence-electron chi connectivity index (χ4n) is 1.97. The highest BCUT2D eigenvalue weighted by Gasteiger charge is 2.07. The third kappa shape index (κ3) is 2.90. The van der Waals surface area contributed by atoms with E-state index in [-0.39, 0.29) is 6.10 Å². The van der Waals surface area contributed by atoms with Gasteiger partial charge in [0.2, 0.25) is 0 Å². The van der Waals surface area contributed by atoms with Crippen molar-refractivity contribution in [2.45, 2.75) is 26.5 Å². The van der Waals surface area contributed by atoms with Crippen molar-refractivity contribution >= 4 is 0 Å². The third-order valence-electron chi connectivity index (χ3n) is 3.12. The second-order valence-corrected chi connectivity index (χ2v) is 4.46. The van der Waals surface area contributed by atoms with Crippen LogP contribution in [0.15, 0.2) is 48.5 Å². The maximum Gasteiger partial charge on any atom is 0.121 e. The summed E-state index contributed by atoms with van der Waals surface area (Å²) < 4.78 is 5.94. The van der Waals surface area contributed by atoms with Gasteiger partial charge in [0.15, 0.2) is 0 Å². The Bertz CT molecular complexity index is 508. The lowest BCUT2D eigenvalue weighted by atomic mass is 10.1. The molecule has 2 rings (SSSR count). The average Bonchev–Trinajstić information content (AvgIpc) is 2.40. The van der Waals surface area contributed by atoms with Gasteiger partial charge in [0, 0.05) is 6.54 Å². The number of hydrogen-bond acceptors (Lipinski definition) is 2. The molecular weight excluding hydrogens is 222 g/mol. The summed E-state index contributed by atoms with van der Waals surface area (Å²) in [6.07, 6.45) is 0.0503. The minimum Gasteiger partial charge on any atom is -0.486 e. The lowest BCUT2D eigenvalue weighted by Crippen LogP contribution is -2.04. The van der Waals surface area contributed by atoms with Crippen LogP contribution in [0.25, 0.3) is 0 Å². The van der Waals surface area contributed by atoms with E-state index in [0.717, 1.165) is 11.3 Å². The molecule has 0 fully saturated rings. The molecule has 0 amide bonds. The van der Waals surface area contributed by atoms with Gasteiger partial charge in [-0.05, 0) is 42.7 Å². The first kappa shape index (κ1) is 12.7. The fraction of sp³-hybridized carbons (Fsp3) is 0.250. The van der Waals surface area contributed by atoms with Crippen LogP contribution in [-0.4, -0.2) is 0 Å². The van der Waals surface area contributed by atoms with Gasteiger partial charge in [-0.25, -0.2) is 0 Å². The van der Waals surface area contributed by atoms with Gasteiger partial charge < -0.3 is 10.5 Å². The zero-order chi connectivity index (χ0) is 13.0. The zero-order valence-corrected chi connectivity index (χ0v) is 10.9. The van der Waals surface area contributed by atoms with E-state index in [1.807, 2.05) is 36.4 Å². The molecule has 0 saturated carbocycles. The van der Waals surface area contributed by atoms with Crippen LogP contribution in [0.4, 0.5) is 0 Å². The quantitative estimate of drug-likeness (QED) is 0.887. The number of aryl methyl sites for hydroxylation is 1. The Hall–Kier alpha value is -1.80. The number of rotatable bonds is 4. The minimum absolute atomic E-state index is 0.0503. The van der Waals surface area contributed by atoms with Crippen LogP contribution >= 0.6 is 0 Å². The van der Waals surface area contributed by atoms with Crippen LogP contribution in [0.3, 0.4) is 0 Å². The highest BCUT2D eigenvalue weighted by Crippen LogP contribution is 2.23. The van der Waals surface area contributed by atoms with Crippen LogP contribution in [-0.2, 0) is 6.54 Å². The smallest absolute Gasteiger partial charge is 0.121 e. The van der Waals surface area contributed by atoms with Crippen molar-refractivity contribution in [3.8, 4) is 5.75 Å². The van der Waals surface area contributed by atoms with E-state index in [2.05, 4.69) is 26.0 Å². The average molecular weight is 241 g/mol. The summed E-state index contributed by atoms with van der Waals surface area (Å²) in [4.78, 5) is 0. The molecule has 0 radical (unpaired) electrons. The molecule has 2 aromatic carbocycles. The van der Waals surface area contributed by atoms with Gasteiger partial charge in [0.25, 0.3) is 0 Å². The number of ether oxygens (including phenoxy) is 1. The number of nitrogens with two attached hydrogens (primary N) is 1. The van der Waals surface area contributed by atoms with Crippen molar-refractivity contribution in [1.82, 2.24) is 0 Å². The van der Waals surface area contributed by atoms with Gasteiger partial charge in [-0.1, -0.05) is 36.4 Å². The first-order valence-electron chi connectivity index (χ1n) is 6.22. The van der Waals surface area contributed by atoms with Gasteiger partial charge in [-0.15, -0.1) is 0 Å². The molecular formula is C16H19NO. The molecule has 0 aliphatic carbocycles. The predicted octanol–water partition coefficient (Wildman–Crippen LogP) is 3.59. The molecule has 2 nitrogen and oxygen atoms in total. The maximum atomic E-state index is 5.94. The molecule has 2 aromatic rings. The van der Waals surface area contributed by atoms with Gasteiger partial charge in [0.05, 0.1) is 0 Å². The van der Waals surface area contributed by atoms with Crippen LogP contribution in [0.2, 0.25) is 0 Å². The summed E-state index contributed by atoms with van der Waals surface area (Å²) in [5, 5.41) is 0. The van der Waals surface area contributed by atoms with E-state index in [4.69, 9.17) is 10.5 Å². The van der Waals surface area contributed by atoms with Crippen molar-refractivity contribution in [1.29, 1.82) is 0 Å². The van der Waals surface area contributed by atoms with Crippen LogP contribution in [0, 0.1) is 6.92 Å². The fourth-order valence-corrected chi connectivity index (χ4v) is 1.97. The molecule has 94 valence electrons. The van der Waals surface area contributed by atoms with Crippen LogP contribution < -0.4 is 10.5 Å². The van der Waals surface area contributed by atoms with Crippen molar-refractivity contribution in [3.63, 3.8) is 0 Å². The maximum absolute atomic E-state index is 5.94. The van der Waals surface area contributed by atoms with E-state index in [9.17, 15) is 0 Å².